The van der Waals surface area contributed by atoms with Crippen molar-refractivity contribution in [3.8, 4) is 0 Å². The van der Waals surface area contributed by atoms with Gasteiger partial charge in [0.25, 0.3) is 0 Å². The number of nitrogens with one attached hydrogen (secondary N) is 1. The van der Waals surface area contributed by atoms with Crippen LogP contribution in [0.4, 0.5) is 0 Å². The quantitative estimate of drug-likeness (QED) is 0.590. The van der Waals surface area contributed by atoms with Crippen molar-refractivity contribution in [1.82, 2.24) is 10.2 Å². The van der Waals surface area contributed by atoms with Gasteiger partial charge in [0.1, 0.15) is 0 Å². The Morgan fingerprint density at radius 1 is 1.64 bits per heavy atom. The molecule has 0 unspecified atom stereocenters. The number of carboxylic acids is 1. The zero-order valence-electron chi connectivity index (χ0n) is 6.55. The van der Waals surface area contributed by atoms with Crippen LogP contribution in [-0.4, -0.2) is 42.3 Å². The van der Waals surface area contributed by atoms with Gasteiger partial charge >= 0.3 is 5.97 Å². The van der Waals surface area contributed by atoms with E-state index < -0.39 is 5.97 Å². The molecule has 1 heterocycles. The summed E-state index contributed by atoms with van der Waals surface area (Å²) >= 11 is 0. The second-order valence-electron chi connectivity index (χ2n) is 2.77. The predicted octanol–water partition coefficient (Wildman–Crippen LogP) is -0.286. The topological polar surface area (TPSA) is 52.6 Å². The smallest absolute Gasteiger partial charge is 0.303 e. The molecule has 1 fully saturated rings. The molecule has 0 radical (unpaired) electrons. The van der Waals surface area contributed by atoms with Crippen molar-refractivity contribution in [3.05, 3.63) is 0 Å². The lowest BCUT2D eigenvalue weighted by Gasteiger charge is -2.11. The fraction of sp³-hybridized carbons (Fsp3) is 0.857. The Morgan fingerprint density at radius 3 is 3.00 bits per heavy atom. The van der Waals surface area contributed by atoms with Crippen molar-refractivity contribution in [2.75, 3.05) is 26.3 Å². The highest BCUT2D eigenvalue weighted by atomic mass is 16.4. The summed E-state index contributed by atoms with van der Waals surface area (Å²) in [7, 11) is 0. The summed E-state index contributed by atoms with van der Waals surface area (Å²) in [4.78, 5) is 12.4. The van der Waals surface area contributed by atoms with Gasteiger partial charge in [-0.2, -0.15) is 0 Å². The van der Waals surface area contributed by atoms with Crippen LogP contribution in [0.3, 0.4) is 0 Å². The molecule has 0 bridgehead atoms. The second-order valence-corrected chi connectivity index (χ2v) is 2.77. The van der Waals surface area contributed by atoms with Crippen molar-refractivity contribution in [1.29, 1.82) is 0 Å². The average Bonchev–Trinajstić information content (AvgIpc) is 2.39. The molecule has 0 saturated carbocycles. The summed E-state index contributed by atoms with van der Waals surface area (Å²) in [6, 6.07) is 0. The van der Waals surface area contributed by atoms with Gasteiger partial charge in [0.2, 0.25) is 0 Å². The SMILES string of the molecule is O=C(O)CCCN1CCNC1. The van der Waals surface area contributed by atoms with E-state index in [0.29, 0.717) is 0 Å². The van der Waals surface area contributed by atoms with Gasteiger partial charge in [-0.1, -0.05) is 0 Å². The van der Waals surface area contributed by atoms with Crippen molar-refractivity contribution in [3.63, 3.8) is 0 Å². The number of hydrogen-bond acceptors (Lipinski definition) is 3. The number of nitrogens with zero attached hydrogens (tertiary/aromatic N) is 1. The first-order valence-electron chi connectivity index (χ1n) is 3.94. The van der Waals surface area contributed by atoms with E-state index in [1.165, 1.54) is 0 Å². The van der Waals surface area contributed by atoms with E-state index in [-0.39, 0.29) is 6.42 Å². The number of carbonyl (C=O) groups is 1. The Kier molecular flexibility index (Phi) is 3.32. The Labute approximate surface area is 66.2 Å². The van der Waals surface area contributed by atoms with E-state index in [4.69, 9.17) is 5.11 Å². The summed E-state index contributed by atoms with van der Waals surface area (Å²) in [5, 5.41) is 11.5. The molecule has 4 nitrogen and oxygen atoms in total. The van der Waals surface area contributed by atoms with Crippen LogP contribution in [0.1, 0.15) is 12.8 Å². The van der Waals surface area contributed by atoms with Gasteiger partial charge in [0.15, 0.2) is 0 Å². The molecule has 4 heteroatoms. The fourth-order valence-electron chi connectivity index (χ4n) is 1.20. The van der Waals surface area contributed by atoms with E-state index in [1.807, 2.05) is 0 Å². The van der Waals surface area contributed by atoms with E-state index in [2.05, 4.69) is 10.2 Å². The fourth-order valence-corrected chi connectivity index (χ4v) is 1.20. The van der Waals surface area contributed by atoms with Crippen LogP contribution in [0.5, 0.6) is 0 Å². The molecule has 0 aromatic carbocycles. The van der Waals surface area contributed by atoms with E-state index in [0.717, 1.165) is 32.7 Å². The van der Waals surface area contributed by atoms with Crippen LogP contribution in [0.15, 0.2) is 0 Å². The lowest BCUT2D eigenvalue weighted by molar-refractivity contribution is -0.137. The maximum absolute atomic E-state index is 10.1. The molecule has 1 saturated heterocycles. The minimum absolute atomic E-state index is 0.288. The molecule has 11 heavy (non-hydrogen) atoms. The van der Waals surface area contributed by atoms with Crippen LogP contribution in [0, 0.1) is 0 Å². The summed E-state index contributed by atoms with van der Waals surface area (Å²) in [6.45, 7) is 3.91. The maximum atomic E-state index is 10.1. The van der Waals surface area contributed by atoms with Gasteiger partial charge in [-0.3, -0.25) is 9.69 Å². The Hall–Kier alpha value is -0.610. The predicted molar refractivity (Wildman–Crippen MR) is 41.3 cm³/mol. The van der Waals surface area contributed by atoms with E-state index in [9.17, 15) is 4.79 Å². The molecular weight excluding hydrogens is 144 g/mol. The summed E-state index contributed by atoms with van der Waals surface area (Å²) < 4.78 is 0. The van der Waals surface area contributed by atoms with Crippen molar-refractivity contribution in [2.24, 2.45) is 0 Å². The van der Waals surface area contributed by atoms with Crippen LogP contribution in [0.2, 0.25) is 0 Å². The first kappa shape index (κ1) is 8.49. The summed E-state index contributed by atoms with van der Waals surface area (Å²) in [5.74, 6) is -0.697. The molecule has 1 aliphatic rings. The number of carboxylic acid groups (broad SMARTS) is 1. The van der Waals surface area contributed by atoms with Gasteiger partial charge in [-0.25, -0.2) is 0 Å². The average molecular weight is 158 g/mol. The third-order valence-electron chi connectivity index (χ3n) is 1.81. The van der Waals surface area contributed by atoms with Gasteiger partial charge in [-0.15, -0.1) is 0 Å². The van der Waals surface area contributed by atoms with Crippen LogP contribution < -0.4 is 5.32 Å². The van der Waals surface area contributed by atoms with E-state index in [1.54, 1.807) is 0 Å². The first-order chi connectivity index (χ1) is 5.29. The molecular formula is C7H14N2O2. The largest absolute Gasteiger partial charge is 0.481 e. The molecule has 1 rings (SSSR count). The van der Waals surface area contributed by atoms with Crippen molar-refractivity contribution in [2.45, 2.75) is 12.8 Å². The zero-order valence-corrected chi connectivity index (χ0v) is 6.55. The van der Waals surface area contributed by atoms with Crippen LogP contribution in [-0.2, 0) is 4.79 Å². The summed E-state index contributed by atoms with van der Waals surface area (Å²) in [5.41, 5.74) is 0. The molecule has 64 valence electrons. The molecule has 2 N–H and O–H groups in total. The molecule has 1 aliphatic heterocycles. The van der Waals surface area contributed by atoms with E-state index >= 15 is 0 Å². The Bertz CT molecular complexity index is 132. The van der Waals surface area contributed by atoms with Crippen molar-refractivity contribution >= 4 is 5.97 Å². The number of hydrogen-bond donors (Lipinski definition) is 2. The lowest BCUT2D eigenvalue weighted by atomic mass is 10.3. The standard InChI is InChI=1S/C7H14N2O2/c10-7(11)2-1-4-9-5-3-8-6-9/h8H,1-6H2,(H,10,11). The van der Waals surface area contributed by atoms with Crippen LogP contribution >= 0.6 is 0 Å². The molecule has 0 aliphatic carbocycles. The molecule has 0 spiro atoms. The van der Waals surface area contributed by atoms with Gasteiger partial charge in [0.05, 0.1) is 0 Å². The zero-order chi connectivity index (χ0) is 8.10. The lowest BCUT2D eigenvalue weighted by Crippen LogP contribution is -2.23. The second kappa shape index (κ2) is 4.31. The monoisotopic (exact) mass is 158 g/mol. The maximum Gasteiger partial charge on any atom is 0.303 e. The number of aliphatic carboxylic acids is 1. The third kappa shape index (κ3) is 3.34. The van der Waals surface area contributed by atoms with Gasteiger partial charge < -0.3 is 10.4 Å². The highest BCUT2D eigenvalue weighted by molar-refractivity contribution is 5.66. The summed E-state index contributed by atoms with van der Waals surface area (Å²) in [6.07, 6.45) is 1.05. The minimum atomic E-state index is -0.697. The molecule has 0 aromatic heterocycles. The number of rotatable bonds is 4. The molecule has 0 amide bonds. The normalized spacial score (nSPS) is 18.9. The molecule has 0 atom stereocenters. The highest BCUT2D eigenvalue weighted by Crippen LogP contribution is 1.96. The van der Waals surface area contributed by atoms with Crippen LogP contribution in [0.25, 0.3) is 0 Å². The first-order valence-corrected chi connectivity index (χ1v) is 3.94. The third-order valence-corrected chi connectivity index (χ3v) is 1.81. The Morgan fingerprint density at radius 2 is 2.45 bits per heavy atom. The Balaban J connectivity index is 1.98. The molecule has 0 aromatic rings. The minimum Gasteiger partial charge on any atom is -0.481 e. The van der Waals surface area contributed by atoms with Crippen molar-refractivity contribution < 1.29 is 9.90 Å². The van der Waals surface area contributed by atoms with Gasteiger partial charge in [-0.05, 0) is 13.0 Å². The highest BCUT2D eigenvalue weighted by Gasteiger charge is 2.09. The van der Waals surface area contributed by atoms with Gasteiger partial charge in [0, 0.05) is 26.2 Å².